The van der Waals surface area contributed by atoms with Crippen LogP contribution in [-0.2, 0) is 17.9 Å². The van der Waals surface area contributed by atoms with Gasteiger partial charge in [0.1, 0.15) is 11.2 Å². The predicted octanol–water partition coefficient (Wildman–Crippen LogP) is 3.58. The lowest BCUT2D eigenvalue weighted by molar-refractivity contribution is -0.116. The van der Waals surface area contributed by atoms with E-state index in [0.717, 1.165) is 53.4 Å². The number of anilines is 2. The molecule has 2 aromatic heterocycles. The van der Waals surface area contributed by atoms with E-state index < -0.39 is 5.69 Å². The fourth-order valence-electron chi connectivity index (χ4n) is 4.55. The maximum Gasteiger partial charge on any atom is 0.333 e. The first-order valence-electron chi connectivity index (χ1n) is 11.6. The molecule has 0 atom stereocenters. The molecule has 9 heteroatoms. The summed E-state index contributed by atoms with van der Waals surface area (Å²) in [5.41, 5.74) is 3.31. The third-order valence-corrected chi connectivity index (χ3v) is 7.17. The van der Waals surface area contributed by atoms with E-state index in [4.69, 9.17) is 0 Å². The lowest BCUT2D eigenvalue weighted by Crippen LogP contribution is -2.41. The maximum atomic E-state index is 13.2. The van der Waals surface area contributed by atoms with E-state index in [0.29, 0.717) is 23.3 Å². The zero-order chi connectivity index (χ0) is 23.7. The highest BCUT2D eigenvalue weighted by Gasteiger charge is 2.22. The van der Waals surface area contributed by atoms with Crippen molar-refractivity contribution < 1.29 is 4.79 Å². The number of fused-ring (bicyclic) bond motifs is 1. The summed E-state index contributed by atoms with van der Waals surface area (Å²) < 4.78 is 3.01. The molecule has 1 saturated heterocycles. The van der Waals surface area contributed by atoms with Gasteiger partial charge in [0.05, 0.1) is 0 Å². The summed E-state index contributed by atoms with van der Waals surface area (Å²) in [6.45, 7) is 9.72. The summed E-state index contributed by atoms with van der Waals surface area (Å²) in [5.74, 6) is -0.317. The average Bonchev–Trinajstić information content (AvgIpc) is 3.23. The van der Waals surface area contributed by atoms with Gasteiger partial charge >= 0.3 is 5.69 Å². The van der Waals surface area contributed by atoms with Crippen molar-refractivity contribution in [3.05, 3.63) is 49.7 Å². The van der Waals surface area contributed by atoms with Gasteiger partial charge in [0.15, 0.2) is 10.8 Å². The number of nitrogens with one attached hydrogen (secondary N) is 1. The Bertz CT molecular complexity index is 1290. The lowest BCUT2D eigenvalue weighted by atomic mass is 10.1. The van der Waals surface area contributed by atoms with Crippen molar-refractivity contribution in [2.24, 2.45) is 0 Å². The molecule has 1 aliphatic rings. The van der Waals surface area contributed by atoms with Gasteiger partial charge in [-0.15, -0.1) is 0 Å². The molecular formula is C24H31N5O3S. The molecule has 3 aromatic rings. The molecule has 1 amide bonds. The van der Waals surface area contributed by atoms with E-state index in [9.17, 15) is 14.4 Å². The Morgan fingerprint density at radius 3 is 2.36 bits per heavy atom. The Hall–Kier alpha value is -2.94. The first kappa shape index (κ1) is 23.2. The smallest absolute Gasteiger partial charge is 0.333 e. The molecule has 1 aliphatic heterocycles. The number of carbonyl (C=O) groups excluding carboxylic acids is 1. The number of hydrogen-bond acceptors (Lipinski definition) is 6. The van der Waals surface area contributed by atoms with Gasteiger partial charge in [-0.05, 0) is 57.6 Å². The van der Waals surface area contributed by atoms with Gasteiger partial charge in [-0.2, -0.15) is 0 Å². The summed E-state index contributed by atoms with van der Waals surface area (Å²) in [7, 11) is 0. The number of thiazole rings is 1. The molecule has 3 heterocycles. The van der Waals surface area contributed by atoms with E-state index in [1.165, 1.54) is 26.9 Å². The standard InChI is InChI=1S/C24H31N5O3S/c1-5-9-28-22(31)20-21(26-23(33-20)27-10-7-6-8-11-27)29(24(28)32)14-18(30)25-19-16(3)12-15(2)13-17(19)4/h12-13H,5-11,14H2,1-4H3,(H,25,30). The van der Waals surface area contributed by atoms with Crippen LogP contribution >= 0.6 is 11.3 Å². The van der Waals surface area contributed by atoms with Crippen molar-refractivity contribution in [2.45, 2.75) is 66.5 Å². The van der Waals surface area contributed by atoms with Gasteiger partial charge in [-0.25, -0.2) is 9.78 Å². The second-order valence-electron chi connectivity index (χ2n) is 8.84. The molecule has 0 radical (unpaired) electrons. The van der Waals surface area contributed by atoms with Crippen LogP contribution in [0.1, 0.15) is 49.3 Å². The van der Waals surface area contributed by atoms with Crippen molar-refractivity contribution in [1.29, 1.82) is 0 Å². The number of nitrogens with zero attached hydrogens (tertiary/aromatic N) is 4. The van der Waals surface area contributed by atoms with Crippen LogP contribution in [-0.4, -0.2) is 33.1 Å². The molecule has 176 valence electrons. The zero-order valence-electron chi connectivity index (χ0n) is 19.7. The molecule has 0 unspecified atom stereocenters. The van der Waals surface area contributed by atoms with Crippen molar-refractivity contribution in [3.63, 3.8) is 0 Å². The number of benzene rings is 1. The minimum atomic E-state index is -0.489. The SMILES string of the molecule is CCCn1c(=O)c2sc(N3CCCCC3)nc2n(CC(=O)Nc2c(C)cc(C)cc2C)c1=O. The van der Waals surface area contributed by atoms with Crippen LogP contribution < -0.4 is 21.5 Å². The highest BCUT2D eigenvalue weighted by molar-refractivity contribution is 7.22. The first-order chi connectivity index (χ1) is 15.8. The van der Waals surface area contributed by atoms with Gasteiger partial charge in [0.2, 0.25) is 5.91 Å². The van der Waals surface area contributed by atoms with Gasteiger partial charge in [0, 0.05) is 25.3 Å². The van der Waals surface area contributed by atoms with Crippen LogP contribution in [0.15, 0.2) is 21.7 Å². The molecule has 1 fully saturated rings. The Labute approximate surface area is 196 Å². The van der Waals surface area contributed by atoms with Crippen LogP contribution in [0.25, 0.3) is 10.3 Å². The van der Waals surface area contributed by atoms with Crippen LogP contribution in [0.3, 0.4) is 0 Å². The molecular weight excluding hydrogens is 438 g/mol. The number of rotatable bonds is 6. The van der Waals surface area contributed by atoms with Gasteiger partial charge < -0.3 is 10.2 Å². The van der Waals surface area contributed by atoms with Crippen molar-refractivity contribution in [1.82, 2.24) is 14.1 Å². The number of carbonyl (C=O) groups is 1. The molecule has 33 heavy (non-hydrogen) atoms. The highest BCUT2D eigenvalue weighted by Crippen LogP contribution is 2.28. The van der Waals surface area contributed by atoms with Crippen molar-refractivity contribution in [3.8, 4) is 0 Å². The maximum absolute atomic E-state index is 13.2. The third-order valence-electron chi connectivity index (χ3n) is 6.07. The number of aryl methyl sites for hydroxylation is 3. The third kappa shape index (κ3) is 4.59. The molecule has 0 spiro atoms. The Morgan fingerprint density at radius 1 is 1.06 bits per heavy atom. The average molecular weight is 470 g/mol. The quantitative estimate of drug-likeness (QED) is 0.596. The minimum Gasteiger partial charge on any atom is -0.348 e. The fourth-order valence-corrected chi connectivity index (χ4v) is 5.62. The van der Waals surface area contributed by atoms with Gasteiger partial charge in [0.25, 0.3) is 5.56 Å². The second kappa shape index (κ2) is 9.51. The van der Waals surface area contributed by atoms with E-state index in [1.807, 2.05) is 39.8 Å². The molecule has 0 saturated carbocycles. The summed E-state index contributed by atoms with van der Waals surface area (Å²) in [5, 5.41) is 3.71. The van der Waals surface area contributed by atoms with Crippen LogP contribution in [0.4, 0.5) is 10.8 Å². The summed E-state index contributed by atoms with van der Waals surface area (Å²) in [4.78, 5) is 46.2. The highest BCUT2D eigenvalue weighted by atomic mass is 32.1. The van der Waals surface area contributed by atoms with E-state index in [2.05, 4.69) is 15.2 Å². The zero-order valence-corrected chi connectivity index (χ0v) is 20.5. The summed E-state index contributed by atoms with van der Waals surface area (Å²) >= 11 is 1.32. The first-order valence-corrected chi connectivity index (χ1v) is 12.4. The lowest BCUT2D eigenvalue weighted by Gasteiger charge is -2.25. The summed E-state index contributed by atoms with van der Waals surface area (Å²) in [6.07, 6.45) is 4.00. The van der Waals surface area contributed by atoms with E-state index >= 15 is 0 Å². The summed E-state index contributed by atoms with van der Waals surface area (Å²) in [6, 6.07) is 4.03. The van der Waals surface area contributed by atoms with Crippen molar-refractivity contribution >= 4 is 38.4 Å². The Balaban J connectivity index is 1.75. The topological polar surface area (TPSA) is 89.2 Å². The number of hydrogen-bond donors (Lipinski definition) is 1. The fraction of sp³-hybridized carbons (Fsp3) is 0.500. The normalized spacial score (nSPS) is 14.1. The molecule has 0 aliphatic carbocycles. The molecule has 0 bridgehead atoms. The number of aromatic nitrogens is 3. The Morgan fingerprint density at radius 2 is 1.73 bits per heavy atom. The predicted molar refractivity (Wildman–Crippen MR) is 134 cm³/mol. The largest absolute Gasteiger partial charge is 0.348 e. The van der Waals surface area contributed by atoms with Crippen LogP contribution in [0, 0.1) is 20.8 Å². The minimum absolute atomic E-state index is 0.199. The van der Waals surface area contributed by atoms with Crippen molar-refractivity contribution in [2.75, 3.05) is 23.3 Å². The number of amides is 1. The number of piperidine rings is 1. The second-order valence-corrected chi connectivity index (χ2v) is 9.82. The van der Waals surface area contributed by atoms with E-state index in [1.54, 1.807) is 0 Å². The Kier molecular flexibility index (Phi) is 6.69. The van der Waals surface area contributed by atoms with E-state index in [-0.39, 0.29) is 18.0 Å². The molecule has 1 aromatic carbocycles. The van der Waals surface area contributed by atoms with Crippen LogP contribution in [0.5, 0.6) is 0 Å². The van der Waals surface area contributed by atoms with Gasteiger partial charge in [-0.3, -0.25) is 18.7 Å². The molecule has 4 rings (SSSR count). The monoisotopic (exact) mass is 469 g/mol. The van der Waals surface area contributed by atoms with Gasteiger partial charge in [-0.1, -0.05) is 36.0 Å². The molecule has 8 nitrogen and oxygen atoms in total. The van der Waals surface area contributed by atoms with Crippen LogP contribution in [0.2, 0.25) is 0 Å². The molecule has 1 N–H and O–H groups in total.